The van der Waals surface area contributed by atoms with Crippen LogP contribution in [0.15, 0.2) is 59.6 Å². The molecular weight excluding hydrogens is 436 g/mol. The summed E-state index contributed by atoms with van der Waals surface area (Å²) >= 11 is 7.44. The molecule has 2 atom stereocenters. The Labute approximate surface area is 187 Å². The van der Waals surface area contributed by atoms with Crippen LogP contribution in [0.5, 0.6) is 5.75 Å². The molecule has 2 aliphatic heterocycles. The fourth-order valence-electron chi connectivity index (χ4n) is 4.08. The van der Waals surface area contributed by atoms with Gasteiger partial charge in [0.15, 0.2) is 5.13 Å². The predicted octanol–water partition coefficient (Wildman–Crippen LogP) is 4.75. The quantitative estimate of drug-likeness (QED) is 0.352. The number of hydrogen-bond acceptors (Lipinski definition) is 6. The van der Waals surface area contributed by atoms with E-state index in [1.165, 1.54) is 16.2 Å². The zero-order valence-corrected chi connectivity index (χ0v) is 18.0. The number of halogens is 1. The first-order valence-electron chi connectivity index (χ1n) is 9.70. The molecule has 1 amide bonds. The molecule has 3 heterocycles. The Morgan fingerprint density at radius 1 is 1.26 bits per heavy atom. The second-order valence-electron chi connectivity index (χ2n) is 7.49. The third-order valence-electron chi connectivity index (χ3n) is 5.40. The molecule has 0 spiro atoms. The molecule has 1 N–H and O–H groups in total. The average Bonchev–Trinajstić information content (AvgIpc) is 3.45. The van der Waals surface area contributed by atoms with Crippen molar-refractivity contribution in [3.05, 3.63) is 81.3 Å². The number of aromatic nitrogens is 1. The largest absolute Gasteiger partial charge is 0.507 e. The summed E-state index contributed by atoms with van der Waals surface area (Å²) in [5, 5.41) is 13.8. The van der Waals surface area contributed by atoms with E-state index in [1.807, 2.05) is 6.92 Å². The van der Waals surface area contributed by atoms with Crippen molar-refractivity contribution in [3.8, 4) is 5.75 Å². The van der Waals surface area contributed by atoms with E-state index in [0.29, 0.717) is 27.7 Å². The number of carbonyl (C=O) groups excluding carboxylic acids is 2. The number of fused-ring (bicyclic) bond motifs is 1. The lowest BCUT2D eigenvalue weighted by molar-refractivity contribution is -0.132. The molecule has 0 saturated carbocycles. The van der Waals surface area contributed by atoms with Gasteiger partial charge < -0.3 is 9.84 Å². The Hall–Kier alpha value is -3.16. The fourth-order valence-corrected chi connectivity index (χ4v) is 4.95. The topological polar surface area (TPSA) is 79.7 Å². The number of ketones is 1. The average molecular weight is 453 g/mol. The van der Waals surface area contributed by atoms with Crippen molar-refractivity contribution in [2.75, 3.05) is 4.90 Å². The number of anilines is 1. The molecule has 5 rings (SSSR count). The molecule has 1 saturated heterocycles. The highest BCUT2D eigenvalue weighted by atomic mass is 35.5. The first-order valence-corrected chi connectivity index (χ1v) is 11.0. The first kappa shape index (κ1) is 19.8. The van der Waals surface area contributed by atoms with Crippen LogP contribution >= 0.6 is 22.9 Å². The molecule has 31 heavy (non-hydrogen) atoms. The number of aliphatic hydroxyl groups excluding tert-OH is 1. The van der Waals surface area contributed by atoms with Crippen molar-refractivity contribution in [1.82, 2.24) is 4.98 Å². The molecular formula is C23H17ClN2O4S. The van der Waals surface area contributed by atoms with E-state index >= 15 is 0 Å². The standard InChI is InChI=1S/C23H17ClN2O4S/c1-12-9-15-10-14(5-6-17(15)30-12)20(27)18-19(13-3-2-4-16(24)11-13)26(22(29)21(18)28)23-25-7-8-31-23/h2-8,10-12,19,27H,9H2,1H3/b20-18+/t12-,19+/m1/s1. The van der Waals surface area contributed by atoms with Gasteiger partial charge in [-0.1, -0.05) is 23.7 Å². The monoisotopic (exact) mass is 452 g/mol. The van der Waals surface area contributed by atoms with Crippen molar-refractivity contribution >= 4 is 45.5 Å². The van der Waals surface area contributed by atoms with Crippen LogP contribution in [0.2, 0.25) is 5.02 Å². The molecule has 3 aromatic rings. The first-order chi connectivity index (χ1) is 14.9. The van der Waals surface area contributed by atoms with E-state index in [2.05, 4.69) is 4.98 Å². The number of carbonyl (C=O) groups is 2. The van der Waals surface area contributed by atoms with Gasteiger partial charge in [-0.2, -0.15) is 0 Å². The van der Waals surface area contributed by atoms with Gasteiger partial charge in [0.05, 0.1) is 11.6 Å². The van der Waals surface area contributed by atoms with Crippen molar-refractivity contribution in [2.45, 2.75) is 25.5 Å². The maximum absolute atomic E-state index is 13.1. The normalized spacial score (nSPS) is 21.9. The lowest BCUT2D eigenvalue weighted by Gasteiger charge is -2.23. The number of rotatable bonds is 3. The highest BCUT2D eigenvalue weighted by Crippen LogP contribution is 2.43. The molecule has 1 fully saturated rings. The van der Waals surface area contributed by atoms with E-state index in [1.54, 1.807) is 54.0 Å². The molecule has 2 aliphatic rings. The van der Waals surface area contributed by atoms with Gasteiger partial charge in [0, 0.05) is 28.6 Å². The number of hydrogen-bond donors (Lipinski definition) is 1. The minimum atomic E-state index is -0.840. The number of thiazole rings is 1. The Bertz CT molecular complexity index is 1240. The van der Waals surface area contributed by atoms with E-state index in [0.717, 1.165) is 11.3 Å². The summed E-state index contributed by atoms with van der Waals surface area (Å²) < 4.78 is 5.73. The van der Waals surface area contributed by atoms with Gasteiger partial charge in [-0.25, -0.2) is 4.98 Å². The molecule has 6 nitrogen and oxygen atoms in total. The van der Waals surface area contributed by atoms with E-state index in [-0.39, 0.29) is 17.4 Å². The van der Waals surface area contributed by atoms with Crippen molar-refractivity contribution in [1.29, 1.82) is 0 Å². The summed E-state index contributed by atoms with van der Waals surface area (Å²) in [6.07, 6.45) is 2.33. The van der Waals surface area contributed by atoms with Crippen molar-refractivity contribution in [3.63, 3.8) is 0 Å². The smallest absolute Gasteiger partial charge is 0.301 e. The second kappa shape index (κ2) is 7.51. The number of nitrogens with zero attached hydrogens (tertiary/aromatic N) is 2. The zero-order valence-electron chi connectivity index (χ0n) is 16.4. The number of Topliss-reactive ketones (excluding diaryl/α,β-unsaturated/α-hetero) is 1. The van der Waals surface area contributed by atoms with E-state index in [9.17, 15) is 14.7 Å². The van der Waals surface area contributed by atoms with Crippen LogP contribution in [0.3, 0.4) is 0 Å². The van der Waals surface area contributed by atoms with Gasteiger partial charge >= 0.3 is 5.91 Å². The minimum absolute atomic E-state index is 0.00869. The molecule has 1 aromatic heterocycles. The molecule has 2 aromatic carbocycles. The Balaban J connectivity index is 1.69. The van der Waals surface area contributed by atoms with Crippen LogP contribution in [0.4, 0.5) is 5.13 Å². The van der Waals surface area contributed by atoms with Crippen LogP contribution in [0.1, 0.15) is 29.7 Å². The fraction of sp³-hybridized carbons (Fsp3) is 0.174. The second-order valence-corrected chi connectivity index (χ2v) is 8.80. The van der Waals surface area contributed by atoms with Gasteiger partial charge in [-0.15, -0.1) is 11.3 Å². The van der Waals surface area contributed by atoms with E-state index in [4.69, 9.17) is 16.3 Å². The molecule has 8 heteroatoms. The third kappa shape index (κ3) is 3.30. The zero-order chi connectivity index (χ0) is 21.7. The maximum Gasteiger partial charge on any atom is 0.301 e. The van der Waals surface area contributed by atoms with Gasteiger partial charge in [-0.3, -0.25) is 14.5 Å². The number of aliphatic hydroxyl groups is 1. The molecule has 0 bridgehead atoms. The Morgan fingerprint density at radius 3 is 2.84 bits per heavy atom. The molecule has 156 valence electrons. The molecule has 0 aliphatic carbocycles. The summed E-state index contributed by atoms with van der Waals surface area (Å²) in [7, 11) is 0. The van der Waals surface area contributed by atoms with Crippen LogP contribution in [0.25, 0.3) is 5.76 Å². The number of ether oxygens (including phenoxy) is 1. The van der Waals surface area contributed by atoms with Gasteiger partial charge in [0.1, 0.15) is 17.6 Å². The van der Waals surface area contributed by atoms with Crippen LogP contribution in [-0.2, 0) is 16.0 Å². The van der Waals surface area contributed by atoms with Crippen molar-refractivity contribution in [2.24, 2.45) is 0 Å². The molecule has 0 radical (unpaired) electrons. The third-order valence-corrected chi connectivity index (χ3v) is 6.41. The van der Waals surface area contributed by atoms with Gasteiger partial charge in [0.2, 0.25) is 0 Å². The maximum atomic E-state index is 13.1. The number of benzene rings is 2. The summed E-state index contributed by atoms with van der Waals surface area (Å²) in [6.45, 7) is 1.97. The van der Waals surface area contributed by atoms with Gasteiger partial charge in [-0.05, 0) is 48.4 Å². The van der Waals surface area contributed by atoms with Crippen LogP contribution in [-0.4, -0.2) is 27.9 Å². The highest BCUT2D eigenvalue weighted by molar-refractivity contribution is 7.14. The molecule has 0 unspecified atom stereocenters. The lowest BCUT2D eigenvalue weighted by atomic mass is 9.94. The lowest BCUT2D eigenvalue weighted by Crippen LogP contribution is -2.29. The van der Waals surface area contributed by atoms with Gasteiger partial charge in [0.25, 0.3) is 5.78 Å². The highest BCUT2D eigenvalue weighted by Gasteiger charge is 2.48. The van der Waals surface area contributed by atoms with Crippen molar-refractivity contribution < 1.29 is 19.4 Å². The summed E-state index contributed by atoms with van der Waals surface area (Å²) in [5.41, 5.74) is 2.03. The summed E-state index contributed by atoms with van der Waals surface area (Å²) in [4.78, 5) is 31.6. The Morgan fingerprint density at radius 2 is 2.10 bits per heavy atom. The SMILES string of the molecule is C[C@@H]1Cc2cc(/C(O)=C3\C(=O)C(=O)N(c4nccs4)[C@H]3c3cccc(Cl)c3)ccc2O1. The Kier molecular flexibility index (Phi) is 4.79. The number of amides is 1. The van der Waals surface area contributed by atoms with Crippen LogP contribution < -0.4 is 9.64 Å². The van der Waals surface area contributed by atoms with Crippen LogP contribution in [0, 0.1) is 0 Å². The summed E-state index contributed by atoms with van der Waals surface area (Å²) in [5.74, 6) is -0.967. The van der Waals surface area contributed by atoms with E-state index < -0.39 is 17.7 Å². The minimum Gasteiger partial charge on any atom is -0.507 e. The predicted molar refractivity (Wildman–Crippen MR) is 119 cm³/mol. The summed E-state index contributed by atoms with van der Waals surface area (Å²) in [6, 6.07) is 11.3.